The standard InChI is InChI=1S/C18H28N4O6.Cu.2H2O/c23-7-1-9-27-17(25)15-11-19-3-5-21-13-16(14-22-6-4-20-12-15)18(26)28-10-2-8-24;;;/h11-14,23-24H,1-10H2,(H2,19,20,21,22,25,26);;2*1H2/q;+2;;/p-2. The number of carbonyl (C=O) groups is 2. The average Bonchev–Trinajstić information content (AvgIpc) is 2.69. The molecule has 0 amide bonds. The second-order valence-corrected chi connectivity index (χ2v) is 5.48. The number of nitrogens with zero attached hydrogens (tertiary/aromatic N) is 4. The van der Waals surface area contributed by atoms with Crippen LogP contribution in [-0.2, 0) is 36.1 Å². The Bertz CT molecular complexity index is 559. The zero-order valence-corrected chi connectivity index (χ0v) is 17.9. The van der Waals surface area contributed by atoms with E-state index in [0.29, 0.717) is 39.0 Å². The molecule has 0 fully saturated rings. The number of ether oxygens (including phenoxy) is 2. The largest absolute Gasteiger partial charge is 2.00 e. The van der Waals surface area contributed by atoms with Gasteiger partial charge >= 0.3 is 29.0 Å². The van der Waals surface area contributed by atoms with E-state index in [4.69, 9.17) is 19.7 Å². The second-order valence-electron chi connectivity index (χ2n) is 5.48. The third kappa shape index (κ3) is 16.1. The van der Waals surface area contributed by atoms with Gasteiger partial charge in [-0.15, -0.1) is 13.1 Å². The molecule has 6 N–H and O–H groups in total. The van der Waals surface area contributed by atoms with Gasteiger partial charge in [-0.05, 0) is 0 Å². The van der Waals surface area contributed by atoms with Crippen LogP contribution in [0.1, 0.15) is 12.8 Å². The van der Waals surface area contributed by atoms with Crippen molar-refractivity contribution in [3.05, 3.63) is 34.2 Å². The molecule has 31 heavy (non-hydrogen) atoms. The molecule has 0 aromatic rings. The van der Waals surface area contributed by atoms with Crippen LogP contribution in [0.5, 0.6) is 0 Å². The Kier molecular flexibility index (Phi) is 24.1. The first kappa shape index (κ1) is 33.4. The molecule has 1 aliphatic rings. The SMILES string of the molecule is O.O.O=C(OCCCO)/C1=C/[N-]CCN=C/C(C(=O)OCCCO)=C\[N-]CCN=C1.[Cu+2]. The van der Waals surface area contributed by atoms with Crippen molar-refractivity contribution in [3.63, 3.8) is 0 Å². The molecule has 0 atom stereocenters. The number of aliphatic imine (C=N–C) groups is 2. The number of aliphatic hydroxyl groups is 2. The Balaban J connectivity index is -0.00000261. The van der Waals surface area contributed by atoms with Crippen LogP contribution < -0.4 is 0 Å². The molecule has 0 aromatic heterocycles. The number of rotatable bonds is 8. The maximum Gasteiger partial charge on any atom is 2.00 e. The quantitative estimate of drug-likeness (QED) is 0.242. The molecule has 0 aliphatic carbocycles. The van der Waals surface area contributed by atoms with Crippen LogP contribution in [0.2, 0.25) is 0 Å². The number of aliphatic hydroxyl groups excluding tert-OH is 2. The summed E-state index contributed by atoms with van der Waals surface area (Å²) in [4.78, 5) is 32.2. The van der Waals surface area contributed by atoms with Crippen LogP contribution in [0.25, 0.3) is 10.6 Å². The summed E-state index contributed by atoms with van der Waals surface area (Å²) in [5, 5.41) is 25.7. The van der Waals surface area contributed by atoms with E-state index < -0.39 is 11.9 Å². The van der Waals surface area contributed by atoms with E-state index in [1.807, 2.05) is 0 Å². The summed E-state index contributed by atoms with van der Waals surface area (Å²) in [5.74, 6) is -1.14. The van der Waals surface area contributed by atoms with Gasteiger partial charge in [-0.2, -0.15) is 12.4 Å². The van der Waals surface area contributed by atoms with Crippen molar-refractivity contribution >= 4 is 24.4 Å². The maximum absolute atomic E-state index is 12.0. The summed E-state index contributed by atoms with van der Waals surface area (Å²) >= 11 is 0. The predicted octanol–water partition coefficient (Wildman–Crippen LogP) is -1.14. The van der Waals surface area contributed by atoms with Gasteiger partial charge in [-0.25, -0.2) is 9.59 Å². The van der Waals surface area contributed by atoms with Crippen molar-refractivity contribution in [2.45, 2.75) is 12.8 Å². The first-order valence-corrected chi connectivity index (χ1v) is 8.98. The zero-order valence-electron chi connectivity index (χ0n) is 17.0. The molecule has 0 aromatic carbocycles. The third-order valence-electron chi connectivity index (χ3n) is 3.18. The fourth-order valence-corrected chi connectivity index (χ4v) is 1.79. The van der Waals surface area contributed by atoms with E-state index in [1.165, 1.54) is 24.8 Å². The Morgan fingerprint density at radius 1 is 0.839 bits per heavy atom. The van der Waals surface area contributed by atoms with Gasteiger partial charge in [0, 0.05) is 51.6 Å². The smallest absolute Gasteiger partial charge is 0.688 e. The van der Waals surface area contributed by atoms with E-state index in [9.17, 15) is 9.59 Å². The molecule has 13 heteroatoms. The van der Waals surface area contributed by atoms with Gasteiger partial charge in [0.05, 0.1) is 24.4 Å². The monoisotopic (exact) mass is 493 g/mol. The molecule has 0 spiro atoms. The number of hydrogen-bond acceptors (Lipinski definition) is 8. The van der Waals surface area contributed by atoms with E-state index >= 15 is 0 Å². The first-order valence-electron chi connectivity index (χ1n) is 8.98. The Hall–Kier alpha value is -2.28. The molecule has 0 saturated heterocycles. The molecule has 1 aliphatic heterocycles. The number of carbonyl (C=O) groups excluding carboxylic acids is 2. The summed E-state index contributed by atoms with van der Waals surface area (Å²) in [7, 11) is 0. The van der Waals surface area contributed by atoms with E-state index in [-0.39, 0.29) is 65.6 Å². The number of hydrogen-bond donors (Lipinski definition) is 2. The van der Waals surface area contributed by atoms with Crippen molar-refractivity contribution in [2.24, 2.45) is 9.98 Å². The first-order chi connectivity index (χ1) is 13.7. The van der Waals surface area contributed by atoms with Crippen molar-refractivity contribution in [2.75, 3.05) is 52.6 Å². The van der Waals surface area contributed by atoms with E-state index in [0.717, 1.165) is 0 Å². The predicted molar refractivity (Wildman–Crippen MR) is 112 cm³/mol. The van der Waals surface area contributed by atoms with Crippen LogP contribution in [0.3, 0.4) is 0 Å². The van der Waals surface area contributed by atoms with Crippen LogP contribution >= 0.6 is 0 Å². The molecule has 12 nitrogen and oxygen atoms in total. The Morgan fingerprint density at radius 2 is 1.23 bits per heavy atom. The molecule has 1 rings (SSSR count). The Morgan fingerprint density at radius 3 is 1.58 bits per heavy atom. The van der Waals surface area contributed by atoms with Gasteiger partial charge in [-0.1, -0.05) is 0 Å². The third-order valence-corrected chi connectivity index (χ3v) is 3.18. The topological polar surface area (TPSA) is 209 Å². The zero-order chi connectivity index (χ0) is 20.5. The van der Waals surface area contributed by atoms with Gasteiger partial charge < -0.3 is 41.3 Å². The molecule has 1 heterocycles. The fraction of sp³-hybridized carbons (Fsp3) is 0.556. The molecule has 0 unspecified atom stereocenters. The normalized spacial score (nSPS) is 17.2. The fourth-order valence-electron chi connectivity index (χ4n) is 1.79. The molecular formula is C18H30CuN4O8. The minimum atomic E-state index is -0.568. The van der Waals surface area contributed by atoms with E-state index in [1.54, 1.807) is 0 Å². The maximum atomic E-state index is 12.0. The van der Waals surface area contributed by atoms with Gasteiger partial charge in [-0.3, -0.25) is 9.98 Å². The van der Waals surface area contributed by atoms with Gasteiger partial charge in [0.1, 0.15) is 0 Å². The molecule has 181 valence electrons. The molecular weight excluding hydrogens is 464 g/mol. The second kappa shape index (κ2) is 22.4. The molecule has 0 bridgehead atoms. The summed E-state index contributed by atoms with van der Waals surface area (Å²) < 4.78 is 10.0. The van der Waals surface area contributed by atoms with Gasteiger partial charge in [0.2, 0.25) is 0 Å². The van der Waals surface area contributed by atoms with Crippen LogP contribution in [0.15, 0.2) is 33.5 Å². The van der Waals surface area contributed by atoms with Crippen molar-refractivity contribution < 1.29 is 57.3 Å². The van der Waals surface area contributed by atoms with Crippen molar-refractivity contribution in [3.8, 4) is 0 Å². The molecule has 1 radical (unpaired) electrons. The minimum absolute atomic E-state index is 0. The van der Waals surface area contributed by atoms with Crippen LogP contribution in [0.4, 0.5) is 0 Å². The Labute approximate surface area is 191 Å². The minimum Gasteiger partial charge on any atom is -0.688 e. The number of esters is 2. The summed E-state index contributed by atoms with van der Waals surface area (Å²) in [6.45, 7) is 1.28. The van der Waals surface area contributed by atoms with Crippen molar-refractivity contribution in [1.82, 2.24) is 0 Å². The average molecular weight is 494 g/mol. The van der Waals surface area contributed by atoms with Gasteiger partial charge in [0.25, 0.3) is 0 Å². The van der Waals surface area contributed by atoms with E-state index in [2.05, 4.69) is 20.6 Å². The molecule has 0 saturated carbocycles. The summed E-state index contributed by atoms with van der Waals surface area (Å²) in [6.07, 6.45) is 6.18. The van der Waals surface area contributed by atoms with Crippen LogP contribution in [0, 0.1) is 0 Å². The summed E-state index contributed by atoms with van der Waals surface area (Å²) in [5.41, 5.74) is 0.394. The summed E-state index contributed by atoms with van der Waals surface area (Å²) in [6, 6.07) is 0. The van der Waals surface area contributed by atoms with Crippen LogP contribution in [-0.4, -0.2) is 98.1 Å². The van der Waals surface area contributed by atoms with Crippen molar-refractivity contribution in [1.29, 1.82) is 0 Å². The van der Waals surface area contributed by atoms with Gasteiger partial charge in [0.15, 0.2) is 0 Å².